The van der Waals surface area contributed by atoms with E-state index < -0.39 is 0 Å². The molecule has 0 amide bonds. The largest absolute Gasteiger partial charge is 0.0622 e. The molecule has 0 bridgehead atoms. The van der Waals surface area contributed by atoms with Crippen molar-refractivity contribution in [1.29, 1.82) is 0 Å². The Bertz CT molecular complexity index is 6520. The van der Waals surface area contributed by atoms with E-state index in [0.717, 1.165) is 167 Å². The number of rotatable bonds is 18. The van der Waals surface area contributed by atoms with Crippen LogP contribution in [0.25, 0.3) is 200 Å². The van der Waals surface area contributed by atoms with Gasteiger partial charge in [0.25, 0.3) is 0 Å². The second kappa shape index (κ2) is 31.6. The summed E-state index contributed by atoms with van der Waals surface area (Å²) in [5.41, 5.74) is 41.1. The molecule has 0 aliphatic carbocycles. The van der Waals surface area contributed by atoms with Crippen molar-refractivity contribution in [3.05, 3.63) is 473 Å². The van der Waals surface area contributed by atoms with Gasteiger partial charge >= 0.3 is 0 Å². The molecular formula is C114H78. The molecule has 534 valence electrons. The van der Waals surface area contributed by atoms with Crippen molar-refractivity contribution in [3.63, 3.8) is 0 Å². The molecule has 0 aliphatic heterocycles. The molecule has 0 nitrogen and oxygen atoms in total. The molecule has 19 rings (SSSR count). The molecule has 0 saturated heterocycles. The summed E-state index contributed by atoms with van der Waals surface area (Å²) in [6.07, 6.45) is 0. The molecule has 0 heteroatoms. The predicted octanol–water partition coefficient (Wildman–Crippen LogP) is 31.7. The smallest absolute Gasteiger partial charge is 0.00139 e. The molecule has 0 aromatic heterocycles. The van der Waals surface area contributed by atoms with E-state index in [1.165, 1.54) is 33.4 Å². The number of hydrogen-bond donors (Lipinski definition) is 0. The third kappa shape index (κ3) is 13.4. The van der Waals surface area contributed by atoms with Crippen molar-refractivity contribution < 1.29 is 0 Å². The van der Waals surface area contributed by atoms with Crippen LogP contribution in [0.2, 0.25) is 0 Å². The van der Waals surface area contributed by atoms with Crippen LogP contribution >= 0.6 is 0 Å². The molecule has 0 unspecified atom stereocenters. The highest BCUT2D eigenvalue weighted by Crippen LogP contribution is 2.60. The van der Waals surface area contributed by atoms with Crippen LogP contribution in [0.5, 0.6) is 0 Å². The van der Waals surface area contributed by atoms with Gasteiger partial charge < -0.3 is 0 Å². The fraction of sp³-hybridized carbons (Fsp3) is 0. The van der Waals surface area contributed by atoms with Crippen molar-refractivity contribution in [1.82, 2.24) is 0 Å². The van der Waals surface area contributed by atoms with Crippen LogP contribution in [0.15, 0.2) is 473 Å². The lowest BCUT2D eigenvalue weighted by Gasteiger charge is -2.30. The monoisotopic (exact) mass is 1450 g/mol. The van der Waals surface area contributed by atoms with E-state index >= 15 is 0 Å². The Labute approximate surface area is 668 Å². The first kappa shape index (κ1) is 69.6. The van der Waals surface area contributed by atoms with Gasteiger partial charge in [-0.15, -0.1) is 0 Å². The third-order valence-electron chi connectivity index (χ3n) is 22.3. The van der Waals surface area contributed by atoms with Gasteiger partial charge in [0, 0.05) is 0 Å². The summed E-state index contributed by atoms with van der Waals surface area (Å²) >= 11 is 0. The van der Waals surface area contributed by atoms with Crippen LogP contribution in [0.1, 0.15) is 0 Å². The van der Waals surface area contributed by atoms with Gasteiger partial charge in [-0.05, 0) is 206 Å². The summed E-state index contributed by atoms with van der Waals surface area (Å²) in [5.74, 6) is 0. The first-order chi connectivity index (χ1) is 56.7. The van der Waals surface area contributed by atoms with Gasteiger partial charge in [-0.25, -0.2) is 0 Å². The van der Waals surface area contributed by atoms with E-state index in [9.17, 15) is 0 Å². The third-order valence-corrected chi connectivity index (χ3v) is 22.3. The second-order valence-corrected chi connectivity index (χ2v) is 29.1. The van der Waals surface area contributed by atoms with Gasteiger partial charge in [-0.3, -0.25) is 0 Å². The van der Waals surface area contributed by atoms with Crippen molar-refractivity contribution in [3.8, 4) is 200 Å². The highest BCUT2D eigenvalue weighted by Gasteiger charge is 2.33. The second-order valence-electron chi connectivity index (χ2n) is 29.1. The normalized spacial score (nSPS) is 11.2. The van der Waals surface area contributed by atoms with Crippen molar-refractivity contribution in [2.75, 3.05) is 0 Å². The molecule has 0 aliphatic rings. The van der Waals surface area contributed by atoms with Crippen LogP contribution in [-0.2, 0) is 0 Å². The lowest BCUT2D eigenvalue weighted by molar-refractivity contribution is 1.50. The van der Waals surface area contributed by atoms with E-state index in [1.54, 1.807) is 0 Å². The Balaban J connectivity index is 0.937. The topological polar surface area (TPSA) is 0 Å². The Morgan fingerprint density at radius 2 is 0.167 bits per heavy atom. The number of benzene rings is 19. The molecular weight excluding hydrogens is 1370 g/mol. The van der Waals surface area contributed by atoms with Gasteiger partial charge in [0.05, 0.1) is 0 Å². The van der Waals surface area contributed by atoms with E-state index in [0.29, 0.717) is 0 Å². The minimum atomic E-state index is 1.08. The molecule has 19 aromatic rings. The summed E-state index contributed by atoms with van der Waals surface area (Å²) in [6, 6.07) is 175. The molecule has 0 heterocycles. The molecule has 114 heavy (non-hydrogen) atoms. The molecule has 19 aromatic carbocycles. The van der Waals surface area contributed by atoms with Crippen LogP contribution in [-0.4, -0.2) is 0 Å². The summed E-state index contributed by atoms with van der Waals surface area (Å²) in [7, 11) is 0. The van der Waals surface area contributed by atoms with Crippen molar-refractivity contribution >= 4 is 0 Å². The quantitative estimate of drug-likeness (QED) is 0.0803. The Morgan fingerprint density at radius 1 is 0.0702 bits per heavy atom. The Kier molecular flexibility index (Phi) is 19.3. The standard InChI is InChI=1S/C114H78/c1-14-40-79(41-15-1)80-66-70-94(71-67-80)111-107(90-58-32-10-33-59-90)103(86-50-24-6-25-51-86)105(88-54-28-8-29-55-88)109(92-62-36-12-37-63-92)113(111)96-74-76-97(77-75-96)114-110(93-64-38-13-39-65-93)106(89-56-30-9-31-57-89)104(87-52-26-7-27-53-87)108(91-60-34-11-35-61-91)112(114)95-72-68-82(69-73-95)99-78-98(81-42-16-2-17-43-81)100(83-44-18-3-19-45-83)102(85-48-22-5-23-49-85)101(99)84-46-20-4-21-47-84/h1-78H. The Morgan fingerprint density at radius 3 is 0.342 bits per heavy atom. The van der Waals surface area contributed by atoms with Crippen LogP contribution in [0.3, 0.4) is 0 Å². The van der Waals surface area contributed by atoms with Gasteiger partial charge in [0.1, 0.15) is 0 Å². The first-order valence-electron chi connectivity index (χ1n) is 39.4. The highest BCUT2D eigenvalue weighted by molar-refractivity contribution is 6.18. The van der Waals surface area contributed by atoms with E-state index in [4.69, 9.17) is 0 Å². The minimum Gasteiger partial charge on any atom is -0.0622 e. The van der Waals surface area contributed by atoms with Gasteiger partial charge in [0.2, 0.25) is 0 Å². The maximum atomic E-state index is 2.47. The highest BCUT2D eigenvalue weighted by atomic mass is 14.4. The fourth-order valence-corrected chi connectivity index (χ4v) is 17.3. The molecule has 0 radical (unpaired) electrons. The predicted molar refractivity (Wildman–Crippen MR) is 484 cm³/mol. The molecule has 0 spiro atoms. The average Bonchev–Trinajstić information content (AvgIpc) is 0.726. The molecule has 0 fully saturated rings. The number of hydrogen-bond acceptors (Lipinski definition) is 0. The van der Waals surface area contributed by atoms with Gasteiger partial charge in [-0.1, -0.05) is 467 Å². The van der Waals surface area contributed by atoms with Gasteiger partial charge in [-0.2, -0.15) is 0 Å². The van der Waals surface area contributed by atoms with E-state index in [2.05, 4.69) is 473 Å². The van der Waals surface area contributed by atoms with E-state index in [-0.39, 0.29) is 0 Å². The SMILES string of the molecule is c1ccc(-c2ccc(-c3c(-c4ccccc4)c(-c4ccccc4)c(-c4ccccc4)c(-c4ccccc4)c3-c3ccc(-c4c(-c5ccccc5)c(-c5ccccc5)c(-c5ccccc5)c(-c5ccccc5)c4-c4ccc(-c5cc(-c6ccccc6)c(-c6ccccc6)c(-c6ccccc6)c5-c5ccccc5)cc4)cc3)cc2)cc1. The lowest BCUT2D eigenvalue weighted by Crippen LogP contribution is -2.03. The van der Waals surface area contributed by atoms with Crippen molar-refractivity contribution in [2.45, 2.75) is 0 Å². The zero-order valence-electron chi connectivity index (χ0n) is 63.0. The van der Waals surface area contributed by atoms with E-state index in [1.807, 2.05) is 0 Å². The molecule has 0 atom stereocenters. The van der Waals surface area contributed by atoms with Gasteiger partial charge in [0.15, 0.2) is 0 Å². The van der Waals surface area contributed by atoms with Crippen LogP contribution in [0.4, 0.5) is 0 Å². The zero-order valence-corrected chi connectivity index (χ0v) is 63.0. The fourth-order valence-electron chi connectivity index (χ4n) is 17.3. The van der Waals surface area contributed by atoms with Crippen LogP contribution in [0, 0.1) is 0 Å². The zero-order chi connectivity index (χ0) is 75.9. The summed E-state index contributed by atoms with van der Waals surface area (Å²) < 4.78 is 0. The van der Waals surface area contributed by atoms with Crippen molar-refractivity contribution in [2.24, 2.45) is 0 Å². The average molecular weight is 1450 g/mol. The molecule has 0 saturated carbocycles. The van der Waals surface area contributed by atoms with Crippen LogP contribution < -0.4 is 0 Å². The molecule has 0 N–H and O–H groups in total. The summed E-state index contributed by atoms with van der Waals surface area (Å²) in [6.45, 7) is 0. The Hall–Kier alpha value is -14.8. The lowest BCUT2D eigenvalue weighted by atomic mass is 9.73. The minimum absolute atomic E-state index is 1.08. The summed E-state index contributed by atoms with van der Waals surface area (Å²) in [5, 5.41) is 0. The summed E-state index contributed by atoms with van der Waals surface area (Å²) in [4.78, 5) is 0. The maximum Gasteiger partial charge on any atom is -0.00139 e. The first-order valence-corrected chi connectivity index (χ1v) is 39.4. The maximum absolute atomic E-state index is 2.47.